The molecule has 1 aliphatic heterocycles. The highest BCUT2D eigenvalue weighted by atomic mass is 16.5. The van der Waals surface area contributed by atoms with E-state index in [4.69, 9.17) is 4.74 Å². The van der Waals surface area contributed by atoms with E-state index in [0.717, 1.165) is 59.4 Å². The number of ketones is 2. The molecule has 0 aromatic heterocycles. The minimum atomic E-state index is -0.401. The highest BCUT2D eigenvalue weighted by molar-refractivity contribution is 6.06. The topological polar surface area (TPSA) is 66.8 Å². The van der Waals surface area contributed by atoms with Gasteiger partial charge in [0.05, 0.1) is 6.61 Å². The van der Waals surface area contributed by atoms with Crippen molar-refractivity contribution in [3.05, 3.63) is 82.2 Å². The van der Waals surface area contributed by atoms with Gasteiger partial charge in [0.25, 0.3) is 0 Å². The maximum Gasteiger partial charge on any atom is 0.161 e. The monoisotopic (exact) mass is 443 g/mol. The van der Waals surface area contributed by atoms with Crippen LogP contribution < -0.4 is 4.74 Å². The van der Waals surface area contributed by atoms with E-state index in [9.17, 15) is 14.7 Å². The quantitative estimate of drug-likeness (QED) is 0.670. The van der Waals surface area contributed by atoms with Crippen LogP contribution in [0.4, 0.5) is 0 Å². The largest absolute Gasteiger partial charge is 0.504 e. The van der Waals surface area contributed by atoms with Crippen molar-refractivity contribution in [1.29, 1.82) is 0 Å². The van der Waals surface area contributed by atoms with Crippen LogP contribution in [0.3, 0.4) is 0 Å². The molecule has 0 atom stereocenters. The summed E-state index contributed by atoms with van der Waals surface area (Å²) in [6.45, 7) is 2.95. The normalized spacial score (nSPS) is 19.0. The lowest BCUT2D eigenvalue weighted by Crippen LogP contribution is -2.38. The second kappa shape index (κ2) is 8.89. The molecule has 5 rings (SSSR count). The Morgan fingerprint density at radius 3 is 2.15 bits per heavy atom. The fourth-order valence-electron chi connectivity index (χ4n) is 5.49. The molecule has 5 heteroatoms. The molecular formula is C28H29NO4. The van der Waals surface area contributed by atoms with Crippen LogP contribution in [-0.4, -0.2) is 28.2 Å². The van der Waals surface area contributed by atoms with E-state index in [0.29, 0.717) is 31.7 Å². The second-order valence-corrected chi connectivity index (χ2v) is 8.94. The predicted octanol–water partition coefficient (Wildman–Crippen LogP) is 5.40. The summed E-state index contributed by atoms with van der Waals surface area (Å²) in [5, 5.41) is 10.2. The number of carbonyl (C=O) groups excluding carboxylic acids is 2. The molecule has 1 heterocycles. The van der Waals surface area contributed by atoms with E-state index in [1.165, 1.54) is 0 Å². The maximum atomic E-state index is 13.4. The molecule has 3 aliphatic rings. The molecule has 0 fully saturated rings. The Morgan fingerprint density at radius 2 is 1.55 bits per heavy atom. The van der Waals surface area contributed by atoms with E-state index < -0.39 is 5.92 Å². The van der Waals surface area contributed by atoms with Gasteiger partial charge in [0, 0.05) is 47.8 Å². The Morgan fingerprint density at radius 1 is 0.909 bits per heavy atom. The summed E-state index contributed by atoms with van der Waals surface area (Å²) in [5.74, 6) is 0.293. The minimum absolute atomic E-state index is 0.0652. The zero-order valence-corrected chi connectivity index (χ0v) is 19.0. The minimum Gasteiger partial charge on any atom is -0.504 e. The Labute approximate surface area is 194 Å². The van der Waals surface area contributed by atoms with Gasteiger partial charge in [0.2, 0.25) is 0 Å². The number of Topliss-reactive ketones (excluding diaryl/α,β-unsaturated/α-hetero) is 2. The Kier molecular flexibility index (Phi) is 5.79. The highest BCUT2D eigenvalue weighted by Gasteiger charge is 2.43. The second-order valence-electron chi connectivity index (χ2n) is 8.94. The fourth-order valence-corrected chi connectivity index (χ4v) is 5.49. The van der Waals surface area contributed by atoms with Crippen molar-refractivity contribution in [2.45, 2.75) is 57.9 Å². The number of ether oxygens (including phenoxy) is 1. The Bertz CT molecular complexity index is 1120. The first kappa shape index (κ1) is 21.5. The first-order valence-electron chi connectivity index (χ1n) is 11.9. The average molecular weight is 444 g/mol. The van der Waals surface area contributed by atoms with Crippen molar-refractivity contribution in [2.75, 3.05) is 6.61 Å². The van der Waals surface area contributed by atoms with Gasteiger partial charge in [-0.1, -0.05) is 36.4 Å². The summed E-state index contributed by atoms with van der Waals surface area (Å²) in [6.07, 6.45) is 4.30. The van der Waals surface area contributed by atoms with Crippen LogP contribution in [0.2, 0.25) is 0 Å². The summed E-state index contributed by atoms with van der Waals surface area (Å²) in [5.41, 5.74) is 5.60. The van der Waals surface area contributed by atoms with Crippen LogP contribution in [0.1, 0.15) is 62.5 Å². The first-order chi connectivity index (χ1) is 16.1. The molecule has 0 amide bonds. The molecule has 0 spiro atoms. The number of hydrogen-bond donors (Lipinski definition) is 1. The van der Waals surface area contributed by atoms with Crippen molar-refractivity contribution in [3.63, 3.8) is 0 Å². The molecular weight excluding hydrogens is 414 g/mol. The molecule has 0 saturated carbocycles. The van der Waals surface area contributed by atoms with Gasteiger partial charge in [-0.2, -0.15) is 0 Å². The van der Waals surface area contributed by atoms with Gasteiger partial charge < -0.3 is 14.7 Å². The molecule has 0 unspecified atom stereocenters. The SMILES string of the molecule is CCOc1cc(C2C3=C(CCCC3=O)N(Cc3ccccc3)C3=C2C(=O)CCC3)ccc1O. The molecule has 5 nitrogen and oxygen atoms in total. The number of nitrogens with zero attached hydrogens (tertiary/aromatic N) is 1. The molecule has 0 saturated heterocycles. The van der Waals surface area contributed by atoms with Gasteiger partial charge in [0.15, 0.2) is 23.1 Å². The number of phenols is 1. The van der Waals surface area contributed by atoms with E-state index in [-0.39, 0.29) is 17.3 Å². The predicted molar refractivity (Wildman–Crippen MR) is 126 cm³/mol. The van der Waals surface area contributed by atoms with E-state index in [1.807, 2.05) is 31.2 Å². The van der Waals surface area contributed by atoms with Gasteiger partial charge in [-0.3, -0.25) is 9.59 Å². The smallest absolute Gasteiger partial charge is 0.161 e. The standard InChI is InChI=1S/C28H29NO4/c1-2-33-25-16-19(14-15-22(25)30)26-27-20(10-6-12-23(27)31)29(17-18-8-4-3-5-9-18)21-11-7-13-24(32)28(21)26/h3-5,8-9,14-16,26,30H,2,6-7,10-13,17H2,1H3. The lowest BCUT2D eigenvalue weighted by molar-refractivity contribution is -0.117. The molecule has 170 valence electrons. The fraction of sp³-hybridized carbons (Fsp3) is 0.357. The summed E-state index contributed by atoms with van der Waals surface area (Å²) < 4.78 is 5.63. The van der Waals surface area contributed by atoms with Crippen molar-refractivity contribution in [2.24, 2.45) is 0 Å². The summed E-state index contributed by atoms with van der Waals surface area (Å²) in [6, 6.07) is 15.5. The third kappa shape index (κ3) is 3.86. The number of rotatable bonds is 5. The summed E-state index contributed by atoms with van der Waals surface area (Å²) in [4.78, 5) is 29.0. The summed E-state index contributed by atoms with van der Waals surface area (Å²) in [7, 11) is 0. The van der Waals surface area contributed by atoms with Crippen molar-refractivity contribution in [1.82, 2.24) is 4.90 Å². The van der Waals surface area contributed by atoms with Crippen molar-refractivity contribution >= 4 is 11.6 Å². The van der Waals surface area contributed by atoms with Crippen molar-refractivity contribution in [3.8, 4) is 11.5 Å². The molecule has 0 radical (unpaired) electrons. The van der Waals surface area contributed by atoms with Crippen LogP contribution in [0.25, 0.3) is 0 Å². The maximum absolute atomic E-state index is 13.4. The van der Waals surface area contributed by atoms with E-state index >= 15 is 0 Å². The highest BCUT2D eigenvalue weighted by Crippen LogP contribution is 2.50. The van der Waals surface area contributed by atoms with E-state index in [2.05, 4.69) is 17.0 Å². The third-order valence-electron chi connectivity index (χ3n) is 6.89. The number of phenolic OH excluding ortho intramolecular Hbond substituents is 1. The molecule has 2 aromatic rings. The summed E-state index contributed by atoms with van der Waals surface area (Å²) >= 11 is 0. The number of benzene rings is 2. The zero-order valence-electron chi connectivity index (χ0n) is 19.0. The Hall–Kier alpha value is -3.34. The van der Waals surface area contributed by atoms with Gasteiger partial charge in [-0.15, -0.1) is 0 Å². The van der Waals surface area contributed by atoms with Crippen molar-refractivity contribution < 1.29 is 19.4 Å². The van der Waals surface area contributed by atoms with Crippen LogP contribution >= 0.6 is 0 Å². The van der Waals surface area contributed by atoms with Crippen LogP contribution in [0.5, 0.6) is 11.5 Å². The average Bonchev–Trinajstić information content (AvgIpc) is 2.82. The number of allylic oxidation sites excluding steroid dienone is 4. The number of aromatic hydroxyl groups is 1. The van der Waals surface area contributed by atoms with Gasteiger partial charge in [0.1, 0.15) is 0 Å². The molecule has 1 N–H and O–H groups in total. The number of carbonyl (C=O) groups is 2. The number of hydrogen-bond acceptors (Lipinski definition) is 5. The molecule has 0 bridgehead atoms. The van der Waals surface area contributed by atoms with E-state index in [1.54, 1.807) is 12.1 Å². The molecule has 2 aliphatic carbocycles. The van der Waals surface area contributed by atoms with Gasteiger partial charge >= 0.3 is 0 Å². The molecule has 2 aromatic carbocycles. The lowest BCUT2D eigenvalue weighted by atomic mass is 9.71. The van der Waals surface area contributed by atoms with Crippen LogP contribution in [-0.2, 0) is 16.1 Å². The lowest BCUT2D eigenvalue weighted by Gasteiger charge is -2.44. The van der Waals surface area contributed by atoms with Crippen LogP contribution in [0.15, 0.2) is 71.1 Å². The first-order valence-corrected chi connectivity index (χ1v) is 11.9. The van der Waals surface area contributed by atoms with Gasteiger partial charge in [-0.05, 0) is 55.9 Å². The zero-order chi connectivity index (χ0) is 22.9. The van der Waals surface area contributed by atoms with Crippen LogP contribution in [0, 0.1) is 0 Å². The van der Waals surface area contributed by atoms with Gasteiger partial charge in [-0.25, -0.2) is 0 Å². The Balaban J connectivity index is 1.69. The third-order valence-corrected chi connectivity index (χ3v) is 6.89. The molecule has 33 heavy (non-hydrogen) atoms.